The summed E-state index contributed by atoms with van der Waals surface area (Å²) in [6.45, 7) is 4.93. The van der Waals surface area contributed by atoms with Crippen molar-refractivity contribution in [1.29, 1.82) is 0 Å². The van der Waals surface area contributed by atoms with Gasteiger partial charge in [-0.1, -0.05) is 23.8 Å². The van der Waals surface area contributed by atoms with E-state index in [2.05, 4.69) is 14.9 Å². The lowest BCUT2D eigenvalue weighted by atomic mass is 10.1. The van der Waals surface area contributed by atoms with Gasteiger partial charge >= 0.3 is 0 Å². The number of phenolic OH excluding ortho intramolecular Hbond substituents is 1. The van der Waals surface area contributed by atoms with E-state index in [0.29, 0.717) is 18.7 Å². The first kappa shape index (κ1) is 15.1. The number of phenols is 1. The molecule has 0 spiro atoms. The minimum absolute atomic E-state index is 0.00244. The number of amides is 1. The van der Waals surface area contributed by atoms with Crippen LogP contribution in [0.25, 0.3) is 11.0 Å². The zero-order valence-corrected chi connectivity index (χ0v) is 13.2. The molecule has 0 aliphatic carbocycles. The molecule has 0 aliphatic rings. The standard InChI is InChI=1S/C18H19N3O2/c1-12-7-8-17(22)14(11-12)18(23)19-9-10-21-13(2)20-15-5-3-4-6-16(15)21/h3-8,11,22H,9-10H2,1-2H3,(H,19,23). The number of nitrogens with one attached hydrogen (secondary N) is 1. The highest BCUT2D eigenvalue weighted by atomic mass is 16.3. The largest absolute Gasteiger partial charge is 0.507 e. The van der Waals surface area contributed by atoms with Gasteiger partial charge in [0.15, 0.2) is 0 Å². The van der Waals surface area contributed by atoms with Gasteiger partial charge in [0, 0.05) is 13.1 Å². The maximum Gasteiger partial charge on any atom is 0.255 e. The van der Waals surface area contributed by atoms with Crippen molar-refractivity contribution >= 4 is 16.9 Å². The molecule has 118 valence electrons. The Hall–Kier alpha value is -2.82. The second kappa shape index (κ2) is 6.12. The maximum atomic E-state index is 12.2. The van der Waals surface area contributed by atoms with Crippen LogP contribution in [0.1, 0.15) is 21.7 Å². The molecule has 1 heterocycles. The van der Waals surface area contributed by atoms with E-state index in [1.807, 2.05) is 38.1 Å². The third-order valence-corrected chi connectivity index (χ3v) is 3.86. The summed E-state index contributed by atoms with van der Waals surface area (Å²) in [5.74, 6) is 0.643. The Morgan fingerprint density at radius 2 is 2.00 bits per heavy atom. The SMILES string of the molecule is Cc1ccc(O)c(C(=O)NCCn2c(C)nc3ccccc32)c1. The third-order valence-electron chi connectivity index (χ3n) is 3.86. The van der Waals surface area contributed by atoms with Gasteiger partial charge in [0.25, 0.3) is 5.91 Å². The van der Waals surface area contributed by atoms with Crippen molar-refractivity contribution in [3.8, 4) is 5.75 Å². The van der Waals surface area contributed by atoms with Gasteiger partial charge in [0.1, 0.15) is 11.6 Å². The van der Waals surface area contributed by atoms with Crippen LogP contribution in [0.5, 0.6) is 5.75 Å². The Morgan fingerprint density at radius 1 is 1.22 bits per heavy atom. The van der Waals surface area contributed by atoms with E-state index in [9.17, 15) is 9.90 Å². The molecule has 0 fully saturated rings. The normalized spacial score (nSPS) is 10.9. The van der Waals surface area contributed by atoms with Gasteiger partial charge in [-0.3, -0.25) is 4.79 Å². The lowest BCUT2D eigenvalue weighted by Gasteiger charge is -2.10. The van der Waals surface area contributed by atoms with E-state index in [0.717, 1.165) is 22.4 Å². The van der Waals surface area contributed by atoms with Gasteiger partial charge in [-0.15, -0.1) is 0 Å². The van der Waals surface area contributed by atoms with Gasteiger partial charge in [0.05, 0.1) is 16.6 Å². The molecule has 2 aromatic carbocycles. The molecule has 2 N–H and O–H groups in total. The molecule has 0 bridgehead atoms. The van der Waals surface area contributed by atoms with Crippen LogP contribution in [0.15, 0.2) is 42.5 Å². The molecular formula is C18H19N3O2. The summed E-state index contributed by atoms with van der Waals surface area (Å²) in [5, 5.41) is 12.6. The number of carbonyl (C=O) groups is 1. The number of benzene rings is 2. The van der Waals surface area contributed by atoms with Crippen molar-refractivity contribution in [1.82, 2.24) is 14.9 Å². The molecular weight excluding hydrogens is 290 g/mol. The maximum absolute atomic E-state index is 12.2. The molecule has 3 rings (SSSR count). The third kappa shape index (κ3) is 3.04. The Morgan fingerprint density at radius 3 is 2.83 bits per heavy atom. The van der Waals surface area contributed by atoms with Crippen LogP contribution >= 0.6 is 0 Å². The molecule has 3 aromatic rings. The summed E-state index contributed by atoms with van der Waals surface area (Å²) >= 11 is 0. The van der Waals surface area contributed by atoms with E-state index in [-0.39, 0.29) is 11.7 Å². The number of rotatable bonds is 4. The van der Waals surface area contributed by atoms with Crippen LogP contribution in [0.4, 0.5) is 0 Å². The molecule has 0 unspecified atom stereocenters. The number of nitrogens with zero attached hydrogens (tertiary/aromatic N) is 2. The summed E-state index contributed by atoms with van der Waals surface area (Å²) in [6.07, 6.45) is 0. The molecule has 1 aromatic heterocycles. The summed E-state index contributed by atoms with van der Waals surface area (Å²) in [7, 11) is 0. The van der Waals surface area contributed by atoms with Gasteiger partial charge in [-0.25, -0.2) is 4.98 Å². The first-order valence-electron chi connectivity index (χ1n) is 7.56. The van der Waals surface area contributed by atoms with Gasteiger partial charge in [-0.05, 0) is 38.1 Å². The van der Waals surface area contributed by atoms with Gasteiger partial charge in [0.2, 0.25) is 0 Å². The van der Waals surface area contributed by atoms with Crippen molar-refractivity contribution in [3.63, 3.8) is 0 Å². The number of para-hydroxylation sites is 2. The number of aromatic nitrogens is 2. The summed E-state index contributed by atoms with van der Waals surface area (Å²) in [5.41, 5.74) is 3.24. The first-order valence-corrected chi connectivity index (χ1v) is 7.56. The fraction of sp³-hybridized carbons (Fsp3) is 0.222. The Balaban J connectivity index is 1.70. The van der Waals surface area contributed by atoms with Crippen molar-refractivity contribution < 1.29 is 9.90 Å². The van der Waals surface area contributed by atoms with Crippen molar-refractivity contribution in [2.24, 2.45) is 0 Å². The Bertz CT molecular complexity index is 868. The highest BCUT2D eigenvalue weighted by Crippen LogP contribution is 2.18. The lowest BCUT2D eigenvalue weighted by molar-refractivity contribution is 0.0949. The number of imidazole rings is 1. The Kier molecular flexibility index (Phi) is 4.02. The molecule has 0 saturated heterocycles. The monoisotopic (exact) mass is 309 g/mol. The molecule has 5 heteroatoms. The van der Waals surface area contributed by atoms with Crippen LogP contribution < -0.4 is 5.32 Å². The zero-order chi connectivity index (χ0) is 16.4. The smallest absolute Gasteiger partial charge is 0.255 e. The van der Waals surface area contributed by atoms with E-state index in [1.54, 1.807) is 12.1 Å². The average molecular weight is 309 g/mol. The van der Waals surface area contributed by atoms with Gasteiger partial charge < -0.3 is 15.0 Å². The number of aromatic hydroxyl groups is 1. The van der Waals surface area contributed by atoms with Crippen LogP contribution in [-0.4, -0.2) is 27.1 Å². The van der Waals surface area contributed by atoms with Crippen LogP contribution in [0.2, 0.25) is 0 Å². The molecule has 23 heavy (non-hydrogen) atoms. The molecule has 1 amide bonds. The summed E-state index contributed by atoms with van der Waals surface area (Å²) < 4.78 is 2.08. The molecule has 5 nitrogen and oxygen atoms in total. The quantitative estimate of drug-likeness (QED) is 0.779. The lowest BCUT2D eigenvalue weighted by Crippen LogP contribution is -2.27. The van der Waals surface area contributed by atoms with Crippen molar-refractivity contribution in [3.05, 3.63) is 59.4 Å². The highest BCUT2D eigenvalue weighted by Gasteiger charge is 2.11. The molecule has 0 saturated carbocycles. The summed E-state index contributed by atoms with van der Waals surface area (Å²) in [6, 6.07) is 12.9. The number of hydrogen-bond donors (Lipinski definition) is 2. The average Bonchev–Trinajstić information content (AvgIpc) is 2.85. The zero-order valence-electron chi connectivity index (χ0n) is 13.2. The van der Waals surface area contributed by atoms with E-state index in [4.69, 9.17) is 0 Å². The number of aryl methyl sites for hydroxylation is 2. The molecule has 0 radical (unpaired) electrons. The minimum atomic E-state index is -0.270. The van der Waals surface area contributed by atoms with Crippen molar-refractivity contribution in [2.75, 3.05) is 6.54 Å². The topological polar surface area (TPSA) is 67.2 Å². The van der Waals surface area contributed by atoms with E-state index < -0.39 is 0 Å². The van der Waals surface area contributed by atoms with E-state index >= 15 is 0 Å². The summed E-state index contributed by atoms with van der Waals surface area (Å²) in [4.78, 5) is 16.7. The van der Waals surface area contributed by atoms with Gasteiger partial charge in [-0.2, -0.15) is 0 Å². The minimum Gasteiger partial charge on any atom is -0.507 e. The predicted molar refractivity (Wildman–Crippen MR) is 89.6 cm³/mol. The number of fused-ring (bicyclic) bond motifs is 1. The van der Waals surface area contributed by atoms with Crippen molar-refractivity contribution in [2.45, 2.75) is 20.4 Å². The van der Waals surface area contributed by atoms with E-state index in [1.165, 1.54) is 6.07 Å². The number of hydrogen-bond acceptors (Lipinski definition) is 3. The Labute approximate surface area is 134 Å². The van der Waals surface area contributed by atoms with Crippen LogP contribution in [-0.2, 0) is 6.54 Å². The second-order valence-corrected chi connectivity index (χ2v) is 5.58. The predicted octanol–water partition coefficient (Wildman–Crippen LogP) is 2.79. The van der Waals surface area contributed by atoms with Crippen LogP contribution in [0, 0.1) is 13.8 Å². The molecule has 0 atom stereocenters. The van der Waals surface area contributed by atoms with Crippen LogP contribution in [0.3, 0.4) is 0 Å². The number of carbonyl (C=O) groups excluding carboxylic acids is 1. The fourth-order valence-corrected chi connectivity index (χ4v) is 2.69. The fourth-order valence-electron chi connectivity index (χ4n) is 2.69. The second-order valence-electron chi connectivity index (χ2n) is 5.58. The first-order chi connectivity index (χ1) is 11.1. The highest BCUT2D eigenvalue weighted by molar-refractivity contribution is 5.96. The molecule has 0 aliphatic heterocycles.